The minimum Gasteiger partial charge on any atom is -0.461 e. The molecule has 1 amide bonds. The maximum absolute atomic E-state index is 12.8. The van der Waals surface area contributed by atoms with Gasteiger partial charge in [-0.3, -0.25) is 4.90 Å². The first-order valence-corrected chi connectivity index (χ1v) is 21.3. The molecule has 4 atom stereocenters. The summed E-state index contributed by atoms with van der Waals surface area (Å²) in [5.74, 6) is 1.05. The highest BCUT2D eigenvalue weighted by Gasteiger charge is 2.50. The highest BCUT2D eigenvalue weighted by Crippen LogP contribution is 2.43. The van der Waals surface area contributed by atoms with Gasteiger partial charge in [0.05, 0.1) is 29.3 Å². The molecule has 12 nitrogen and oxygen atoms in total. The molecule has 278 valence electrons. The van der Waals surface area contributed by atoms with Crippen molar-refractivity contribution in [3.8, 4) is 6.01 Å². The summed E-state index contributed by atoms with van der Waals surface area (Å²) in [5, 5.41) is 6.40. The molecule has 2 unspecified atom stereocenters. The third kappa shape index (κ3) is 6.36. The summed E-state index contributed by atoms with van der Waals surface area (Å²) in [6.07, 6.45) is 7.86. The van der Waals surface area contributed by atoms with Crippen LogP contribution in [-0.2, 0) is 34.0 Å². The lowest BCUT2D eigenvalue weighted by atomic mass is 9.95. The Morgan fingerprint density at radius 3 is 2.54 bits per heavy atom. The van der Waals surface area contributed by atoms with Gasteiger partial charge in [-0.15, -0.1) is 0 Å². The molecule has 0 spiro atoms. The number of piperazine rings is 1. The molecule has 1 aromatic heterocycles. The number of carbonyl (C=O) groups is 1. The number of anilines is 2. The number of hydrogen-bond acceptors (Lipinski definition) is 11. The fraction of sp³-hybridized carbons (Fsp3) is 0.615. The molecule has 52 heavy (non-hydrogen) atoms. The number of rotatable bonds is 8. The van der Waals surface area contributed by atoms with Gasteiger partial charge >= 0.3 is 12.1 Å². The fourth-order valence-electron chi connectivity index (χ4n) is 9.99. The van der Waals surface area contributed by atoms with E-state index in [9.17, 15) is 13.2 Å². The lowest BCUT2D eigenvalue weighted by Gasteiger charge is -2.38. The Morgan fingerprint density at radius 1 is 0.962 bits per heavy atom. The van der Waals surface area contributed by atoms with Crippen molar-refractivity contribution in [2.24, 2.45) is 0 Å². The maximum Gasteiger partial charge on any atom is 0.409 e. The SMILES string of the molecule is CCc1cccc2cccc(N3CCc4c(nc(OCC56CCCN5C(COC(=O)N5CCS(=O)(=O)CC5)CC6)nc4N4C[C@H]5CC[C@@H](C4)N5)C3)c12. The Morgan fingerprint density at radius 2 is 1.75 bits per heavy atom. The topological polar surface area (TPSA) is 120 Å². The summed E-state index contributed by atoms with van der Waals surface area (Å²) in [7, 11) is -3.06. The molecule has 7 heterocycles. The van der Waals surface area contributed by atoms with E-state index in [1.165, 1.54) is 45.3 Å². The highest BCUT2D eigenvalue weighted by molar-refractivity contribution is 7.91. The molecule has 6 aliphatic heterocycles. The van der Waals surface area contributed by atoms with Crippen LogP contribution in [0.15, 0.2) is 36.4 Å². The van der Waals surface area contributed by atoms with Gasteiger partial charge in [0.15, 0.2) is 9.84 Å². The molecular formula is C39H51N7O5S. The standard InChI is InChI=1S/C39H51N7O5S/c1-2-27-6-3-7-28-8-4-9-34(35(27)28)44-17-13-32-33(24-44)41-37(42-36(32)45-22-29-10-11-30(23-45)40-29)51-26-39-14-5-16-46(39)31(12-15-39)25-50-38(47)43-18-20-52(48,49)21-19-43/h3-4,6-9,29-31,40H,2,5,10-26H2,1H3/t29-,30+,31?,39?. The van der Waals surface area contributed by atoms with Crippen LogP contribution in [0.5, 0.6) is 6.01 Å². The van der Waals surface area contributed by atoms with Crippen LogP contribution in [0, 0.1) is 0 Å². The number of aromatic nitrogens is 2. The van der Waals surface area contributed by atoms with Crippen molar-refractivity contribution >= 4 is 38.2 Å². The first-order chi connectivity index (χ1) is 25.3. The third-order valence-corrected chi connectivity index (χ3v) is 14.3. The Labute approximate surface area is 306 Å². The van der Waals surface area contributed by atoms with Crippen LogP contribution in [0.1, 0.15) is 62.3 Å². The van der Waals surface area contributed by atoms with Gasteiger partial charge < -0.3 is 29.5 Å². The quantitative estimate of drug-likeness (QED) is 0.363. The second kappa shape index (κ2) is 13.6. The van der Waals surface area contributed by atoms with E-state index in [-0.39, 0.29) is 36.2 Å². The Balaban J connectivity index is 0.945. The first-order valence-electron chi connectivity index (χ1n) is 19.5. The predicted molar refractivity (Wildman–Crippen MR) is 201 cm³/mol. The van der Waals surface area contributed by atoms with Crippen LogP contribution < -0.4 is 19.9 Å². The van der Waals surface area contributed by atoms with Crippen molar-refractivity contribution in [2.45, 2.75) is 88.5 Å². The van der Waals surface area contributed by atoms with Gasteiger partial charge in [0.25, 0.3) is 0 Å². The number of fused-ring (bicyclic) bond motifs is 5. The fourth-order valence-corrected chi connectivity index (χ4v) is 11.2. The van der Waals surface area contributed by atoms with E-state index in [0.717, 1.165) is 76.2 Å². The van der Waals surface area contributed by atoms with Crippen molar-refractivity contribution in [3.05, 3.63) is 53.2 Å². The minimum atomic E-state index is -3.06. The van der Waals surface area contributed by atoms with Crippen LogP contribution in [0.3, 0.4) is 0 Å². The lowest BCUT2D eigenvalue weighted by Crippen LogP contribution is -2.52. The summed E-state index contributed by atoms with van der Waals surface area (Å²) in [6.45, 7) is 7.91. The van der Waals surface area contributed by atoms with Crippen molar-refractivity contribution in [1.82, 2.24) is 25.1 Å². The molecular weight excluding hydrogens is 679 g/mol. The molecule has 9 rings (SSSR count). The van der Waals surface area contributed by atoms with E-state index in [0.29, 0.717) is 37.9 Å². The van der Waals surface area contributed by atoms with Gasteiger partial charge in [-0.05, 0) is 74.9 Å². The largest absolute Gasteiger partial charge is 0.461 e. The number of amides is 1. The number of nitrogens with one attached hydrogen (secondary N) is 1. The molecule has 2 bridgehead atoms. The molecule has 6 aliphatic rings. The van der Waals surface area contributed by atoms with E-state index in [1.807, 2.05) is 0 Å². The van der Waals surface area contributed by atoms with Crippen LogP contribution in [0.4, 0.5) is 16.3 Å². The first kappa shape index (κ1) is 34.1. The van der Waals surface area contributed by atoms with E-state index in [2.05, 4.69) is 63.3 Å². The Hall–Kier alpha value is -3.68. The van der Waals surface area contributed by atoms with E-state index < -0.39 is 15.9 Å². The van der Waals surface area contributed by atoms with Crippen LogP contribution in [-0.4, -0.2) is 122 Å². The number of ether oxygens (including phenoxy) is 2. The summed E-state index contributed by atoms with van der Waals surface area (Å²) in [4.78, 5) is 32.2. The summed E-state index contributed by atoms with van der Waals surface area (Å²) >= 11 is 0. The number of nitrogens with zero attached hydrogens (tertiary/aromatic N) is 6. The third-order valence-electron chi connectivity index (χ3n) is 12.7. The zero-order chi connectivity index (χ0) is 35.5. The molecule has 0 radical (unpaired) electrons. The predicted octanol–water partition coefficient (Wildman–Crippen LogP) is 3.94. The van der Waals surface area contributed by atoms with Crippen molar-refractivity contribution in [1.29, 1.82) is 0 Å². The van der Waals surface area contributed by atoms with Gasteiger partial charge in [-0.2, -0.15) is 9.97 Å². The zero-order valence-corrected chi connectivity index (χ0v) is 31.1. The average molecular weight is 730 g/mol. The zero-order valence-electron chi connectivity index (χ0n) is 30.3. The molecule has 1 N–H and O–H groups in total. The van der Waals surface area contributed by atoms with E-state index >= 15 is 0 Å². The highest BCUT2D eigenvalue weighted by atomic mass is 32.2. The van der Waals surface area contributed by atoms with Crippen LogP contribution in [0.25, 0.3) is 10.8 Å². The monoisotopic (exact) mass is 729 g/mol. The molecule has 3 aromatic rings. The summed E-state index contributed by atoms with van der Waals surface area (Å²) in [5.41, 5.74) is 4.82. The van der Waals surface area contributed by atoms with Gasteiger partial charge in [0.2, 0.25) is 0 Å². The second-order valence-corrected chi connectivity index (χ2v) is 18.1. The van der Waals surface area contributed by atoms with Gasteiger partial charge in [-0.25, -0.2) is 13.2 Å². The van der Waals surface area contributed by atoms with Gasteiger partial charge in [0, 0.05) is 67.5 Å². The van der Waals surface area contributed by atoms with Crippen molar-refractivity contribution in [3.63, 3.8) is 0 Å². The summed E-state index contributed by atoms with van der Waals surface area (Å²) in [6, 6.07) is 14.8. The van der Waals surface area contributed by atoms with E-state index in [1.54, 1.807) is 0 Å². The Kier molecular flexibility index (Phi) is 8.94. The molecule has 5 fully saturated rings. The van der Waals surface area contributed by atoms with E-state index in [4.69, 9.17) is 19.4 Å². The van der Waals surface area contributed by atoms with Gasteiger partial charge in [0.1, 0.15) is 19.0 Å². The summed E-state index contributed by atoms with van der Waals surface area (Å²) < 4.78 is 36.1. The number of benzene rings is 2. The maximum atomic E-state index is 12.8. The van der Waals surface area contributed by atoms with Gasteiger partial charge in [-0.1, -0.05) is 37.3 Å². The number of hydrogen-bond donors (Lipinski definition) is 1. The van der Waals surface area contributed by atoms with Crippen LogP contribution in [0.2, 0.25) is 0 Å². The normalized spacial score (nSPS) is 28.2. The van der Waals surface area contributed by atoms with Crippen molar-refractivity contribution < 1.29 is 22.7 Å². The average Bonchev–Trinajstić information content (AvgIpc) is 3.84. The number of aryl methyl sites for hydroxylation is 1. The molecule has 2 aromatic carbocycles. The molecule has 5 saturated heterocycles. The number of carbonyl (C=O) groups excluding carboxylic acids is 1. The van der Waals surface area contributed by atoms with Crippen LogP contribution >= 0.6 is 0 Å². The minimum absolute atomic E-state index is 0.00137. The molecule has 0 aliphatic carbocycles. The molecule has 13 heteroatoms. The smallest absolute Gasteiger partial charge is 0.409 e. The molecule has 0 saturated carbocycles. The lowest BCUT2D eigenvalue weighted by molar-refractivity contribution is 0.0448. The second-order valence-electron chi connectivity index (χ2n) is 15.8. The van der Waals surface area contributed by atoms with Crippen molar-refractivity contribution in [2.75, 3.05) is 73.8 Å². The number of sulfone groups is 1. The Bertz CT molecular complexity index is 1930.